The fraction of sp³-hybridized carbons (Fsp3) is 0.371. The Bertz CT molecular complexity index is 2890. The van der Waals surface area contributed by atoms with E-state index in [1.165, 1.54) is 0 Å². The number of hydrogen-bond donors (Lipinski definition) is 0. The van der Waals surface area contributed by atoms with E-state index in [0.29, 0.717) is 72.5 Å². The van der Waals surface area contributed by atoms with Crippen LogP contribution in [0, 0.1) is 27.7 Å². The Balaban J connectivity index is 0.980. The number of carbonyl (C=O) groups excluding carboxylic acids is 3. The first-order valence-electron chi connectivity index (χ1n) is 25.6. The maximum Gasteiger partial charge on any atom is 0.308 e. The minimum Gasteiger partial charge on any atom is -0.493 e. The molecule has 6 rings (SSSR count). The van der Waals surface area contributed by atoms with E-state index in [4.69, 9.17) is 18.7 Å². The largest absolute Gasteiger partial charge is 0.493 e. The molecule has 0 saturated carbocycles. The number of unbranched alkanes of at least 4 members (excludes halogenated alkanes) is 2. The topological polar surface area (TPSA) is 122 Å². The molecule has 392 valence electrons. The van der Waals surface area contributed by atoms with Gasteiger partial charge in [0.15, 0.2) is 0 Å². The Morgan fingerprint density at radius 1 is 0.527 bits per heavy atom. The standard InChI is InChI=1S/C62H75O9P3/c1-44-40-53(61(5,6)7)58(46(3)52(44)42-73(66,48-28-16-12-17-29-48)49-30-18-13-19-31-49)68-38-27-25-37-56(64)71-72(11)43-70-55(63)36-24-26-39-69-59-47(4)57(45(2)41-54(59)62(8,9)10)60(65)74(67,50-32-20-14-21-33-50)51-34-22-15-23-35-51/h12-23,28-35,40-41H,24-27,36-39,42-43H2,1-11H3. The van der Waals surface area contributed by atoms with Gasteiger partial charge in [-0.2, -0.15) is 0 Å². The first-order chi connectivity index (χ1) is 35.1. The van der Waals surface area contributed by atoms with E-state index < -0.39 is 28.0 Å². The van der Waals surface area contributed by atoms with Gasteiger partial charge in [-0.25, -0.2) is 0 Å². The zero-order valence-electron chi connectivity index (χ0n) is 45.3. The molecule has 1 unspecified atom stereocenters. The fourth-order valence-electron chi connectivity index (χ4n) is 9.31. The first kappa shape index (κ1) is 57.7. The van der Waals surface area contributed by atoms with Gasteiger partial charge in [0, 0.05) is 62.5 Å². The van der Waals surface area contributed by atoms with Crippen molar-refractivity contribution >= 4 is 61.1 Å². The van der Waals surface area contributed by atoms with Crippen molar-refractivity contribution in [3.63, 3.8) is 0 Å². The predicted molar refractivity (Wildman–Crippen MR) is 305 cm³/mol. The van der Waals surface area contributed by atoms with Crippen LogP contribution in [0.4, 0.5) is 0 Å². The third-order valence-corrected chi connectivity index (χ3v) is 20.3. The van der Waals surface area contributed by atoms with Crippen molar-refractivity contribution in [1.82, 2.24) is 0 Å². The van der Waals surface area contributed by atoms with Gasteiger partial charge in [0.1, 0.15) is 33.1 Å². The van der Waals surface area contributed by atoms with Crippen molar-refractivity contribution < 1.29 is 42.2 Å². The van der Waals surface area contributed by atoms with Crippen molar-refractivity contribution in [2.24, 2.45) is 0 Å². The SMILES string of the molecule is Cc1cc(C(C)(C)C)c(OCCCCC(=O)OP(C)COC(=O)CCCCOc2c(C(C)(C)C)cc(C)c(C(=O)P(=O)(c3ccccc3)c3ccccc3)c2C)c(C)c1CP(=O)(c1ccccc1)c1ccccc1. The van der Waals surface area contributed by atoms with E-state index in [0.717, 1.165) is 49.7 Å². The van der Waals surface area contributed by atoms with E-state index in [2.05, 4.69) is 61.5 Å². The van der Waals surface area contributed by atoms with Crippen LogP contribution in [0.25, 0.3) is 0 Å². The van der Waals surface area contributed by atoms with Gasteiger partial charge in [-0.3, -0.25) is 14.4 Å². The van der Waals surface area contributed by atoms with Gasteiger partial charge in [-0.05, 0) is 93.1 Å². The van der Waals surface area contributed by atoms with E-state index >= 15 is 9.13 Å². The second-order valence-corrected chi connectivity index (χ2v) is 28.4. The maximum atomic E-state index is 15.1. The van der Waals surface area contributed by atoms with Crippen molar-refractivity contribution in [2.45, 2.75) is 125 Å². The van der Waals surface area contributed by atoms with E-state index in [-0.39, 0.29) is 42.0 Å². The molecule has 6 aromatic carbocycles. The van der Waals surface area contributed by atoms with Crippen LogP contribution in [0.2, 0.25) is 0 Å². The van der Waals surface area contributed by atoms with Gasteiger partial charge in [-0.1, -0.05) is 175 Å². The fourth-order valence-corrected chi connectivity index (χ4v) is 15.6. The molecule has 0 saturated heterocycles. The van der Waals surface area contributed by atoms with Gasteiger partial charge in [0.2, 0.25) is 12.7 Å². The van der Waals surface area contributed by atoms with Crippen LogP contribution < -0.4 is 30.7 Å². The van der Waals surface area contributed by atoms with Crippen LogP contribution in [-0.2, 0) is 45.0 Å². The highest BCUT2D eigenvalue weighted by Gasteiger charge is 2.40. The molecule has 0 radical (unpaired) electrons. The van der Waals surface area contributed by atoms with Gasteiger partial charge in [0.25, 0.3) is 0 Å². The van der Waals surface area contributed by atoms with Crippen molar-refractivity contribution in [3.8, 4) is 11.5 Å². The highest BCUT2D eigenvalue weighted by molar-refractivity contribution is 7.93. The quantitative estimate of drug-likeness (QED) is 0.0351. The molecule has 0 aromatic heterocycles. The summed E-state index contributed by atoms with van der Waals surface area (Å²) >= 11 is 0. The number of aryl methyl sites for hydroxylation is 2. The molecule has 0 spiro atoms. The minimum atomic E-state index is -3.77. The number of esters is 1. The monoisotopic (exact) mass is 1060 g/mol. The number of carbonyl (C=O) groups is 3. The lowest BCUT2D eigenvalue weighted by molar-refractivity contribution is -0.142. The van der Waals surface area contributed by atoms with Crippen LogP contribution in [0.3, 0.4) is 0 Å². The van der Waals surface area contributed by atoms with E-state index in [1.54, 1.807) is 55.2 Å². The first-order valence-corrected chi connectivity index (χ1v) is 31.1. The van der Waals surface area contributed by atoms with Gasteiger partial charge < -0.3 is 27.9 Å². The molecule has 0 heterocycles. The summed E-state index contributed by atoms with van der Waals surface area (Å²) in [5.74, 6) is 0.662. The van der Waals surface area contributed by atoms with Crippen LogP contribution in [0.1, 0.15) is 129 Å². The Morgan fingerprint density at radius 2 is 0.932 bits per heavy atom. The third-order valence-electron chi connectivity index (χ3n) is 13.4. The summed E-state index contributed by atoms with van der Waals surface area (Å²) in [4.78, 5) is 40.4. The summed E-state index contributed by atoms with van der Waals surface area (Å²) in [5, 5.41) is 2.59. The molecule has 9 nitrogen and oxygen atoms in total. The zero-order chi connectivity index (χ0) is 53.8. The summed E-state index contributed by atoms with van der Waals surface area (Å²) in [5.41, 5.74) is 5.90. The molecule has 0 bridgehead atoms. The second-order valence-electron chi connectivity index (χ2n) is 21.2. The number of ether oxygens (including phenoxy) is 3. The van der Waals surface area contributed by atoms with E-state index in [9.17, 15) is 14.4 Å². The molecule has 6 aromatic rings. The third kappa shape index (κ3) is 14.0. The van der Waals surface area contributed by atoms with Gasteiger partial charge in [0.05, 0.1) is 13.2 Å². The number of hydrogen-bond acceptors (Lipinski definition) is 9. The molecular weight excluding hydrogens is 982 g/mol. The highest BCUT2D eigenvalue weighted by Crippen LogP contribution is 2.51. The van der Waals surface area contributed by atoms with E-state index in [1.807, 2.05) is 92.7 Å². The Hall–Kier alpha value is -5.58. The van der Waals surface area contributed by atoms with Crippen LogP contribution in [-0.4, -0.2) is 43.7 Å². The lowest BCUT2D eigenvalue weighted by atomic mass is 9.83. The second kappa shape index (κ2) is 25.3. The van der Waals surface area contributed by atoms with Crippen molar-refractivity contribution in [3.05, 3.63) is 178 Å². The molecule has 0 aliphatic carbocycles. The average Bonchev–Trinajstić information content (AvgIpc) is 3.37. The van der Waals surface area contributed by atoms with Crippen molar-refractivity contribution in [2.75, 3.05) is 26.2 Å². The molecule has 0 aliphatic rings. The molecular formula is C62H75O9P3. The molecule has 0 fully saturated rings. The highest BCUT2D eigenvalue weighted by atomic mass is 31.2. The molecule has 0 amide bonds. The summed E-state index contributed by atoms with van der Waals surface area (Å²) in [6.45, 7) is 23.1. The molecule has 12 heteroatoms. The lowest BCUT2D eigenvalue weighted by Crippen LogP contribution is -2.24. The van der Waals surface area contributed by atoms with Gasteiger partial charge in [-0.15, -0.1) is 0 Å². The molecule has 1 atom stereocenters. The molecule has 0 N–H and O–H groups in total. The number of benzene rings is 6. The lowest BCUT2D eigenvalue weighted by Gasteiger charge is -2.28. The van der Waals surface area contributed by atoms with Crippen molar-refractivity contribution in [1.29, 1.82) is 0 Å². The van der Waals surface area contributed by atoms with Crippen LogP contribution >= 0.6 is 22.4 Å². The predicted octanol–water partition coefficient (Wildman–Crippen LogP) is 14.1. The summed E-state index contributed by atoms with van der Waals surface area (Å²) in [7, 11) is -8.14. The smallest absolute Gasteiger partial charge is 0.308 e. The number of rotatable bonds is 23. The zero-order valence-corrected chi connectivity index (χ0v) is 48.0. The summed E-state index contributed by atoms with van der Waals surface area (Å²) < 4.78 is 54.5. The minimum absolute atomic E-state index is 0.00966. The summed E-state index contributed by atoms with van der Waals surface area (Å²) in [6, 6.07) is 41.5. The van der Waals surface area contributed by atoms with Gasteiger partial charge >= 0.3 is 11.9 Å². The van der Waals surface area contributed by atoms with Crippen LogP contribution in [0.15, 0.2) is 133 Å². The maximum absolute atomic E-state index is 15.1. The average molecular weight is 1060 g/mol. The molecule has 74 heavy (non-hydrogen) atoms. The normalized spacial score (nSPS) is 12.5. The van der Waals surface area contributed by atoms with Crippen LogP contribution in [0.5, 0.6) is 11.5 Å². The summed E-state index contributed by atoms with van der Waals surface area (Å²) in [6.07, 6.45) is 2.99. The Kier molecular flexibility index (Phi) is 19.7. The Labute approximate surface area is 441 Å². The Morgan fingerprint density at radius 3 is 1.38 bits per heavy atom. The molecule has 0 aliphatic heterocycles.